The number of carbonyl (C=O) groups is 3. The van der Waals surface area contributed by atoms with Crippen LogP contribution in [0.4, 0.5) is 11.5 Å². The first-order valence-corrected chi connectivity index (χ1v) is 11.8. The third-order valence-electron chi connectivity index (χ3n) is 6.22. The molecule has 1 aliphatic rings. The lowest BCUT2D eigenvalue weighted by Gasteiger charge is -2.19. The van der Waals surface area contributed by atoms with Gasteiger partial charge in [-0.05, 0) is 42.5 Å². The van der Waals surface area contributed by atoms with Crippen molar-refractivity contribution in [2.45, 2.75) is 53.5 Å². The molecule has 3 amide bonds. The minimum Gasteiger partial charge on any atom is -0.310 e. The Morgan fingerprint density at radius 2 is 1.83 bits per heavy atom. The van der Waals surface area contributed by atoms with Gasteiger partial charge in [0.15, 0.2) is 0 Å². The normalized spacial score (nSPS) is 14.8. The molecule has 3 aromatic rings. The smallest absolute Gasteiger partial charge is 0.232 e. The Balaban J connectivity index is 1.57. The third-order valence-corrected chi connectivity index (χ3v) is 6.52. The van der Waals surface area contributed by atoms with Gasteiger partial charge in [-0.3, -0.25) is 24.0 Å². The van der Waals surface area contributed by atoms with Crippen molar-refractivity contribution in [3.05, 3.63) is 59.0 Å². The Labute approximate surface area is 209 Å². The van der Waals surface area contributed by atoms with E-state index in [1.54, 1.807) is 43.5 Å². The number of rotatable bonds is 5. The van der Waals surface area contributed by atoms with Gasteiger partial charge >= 0.3 is 0 Å². The number of nitrogens with one attached hydrogen (secondary N) is 1. The molecule has 0 spiro atoms. The highest BCUT2D eigenvalue weighted by Crippen LogP contribution is 2.39. The second-order valence-electron chi connectivity index (χ2n) is 9.73. The van der Waals surface area contributed by atoms with Gasteiger partial charge in [0, 0.05) is 43.4 Å². The van der Waals surface area contributed by atoms with Gasteiger partial charge in [-0.15, -0.1) is 0 Å². The van der Waals surface area contributed by atoms with Crippen molar-refractivity contribution in [1.29, 1.82) is 0 Å². The van der Waals surface area contributed by atoms with Crippen molar-refractivity contribution < 1.29 is 14.4 Å². The predicted molar refractivity (Wildman–Crippen MR) is 135 cm³/mol. The molecule has 2 aromatic heterocycles. The number of imide groups is 1. The predicted octanol–water partition coefficient (Wildman–Crippen LogP) is 4.82. The summed E-state index contributed by atoms with van der Waals surface area (Å²) in [5.41, 5.74) is 4.03. The Kier molecular flexibility index (Phi) is 6.51. The summed E-state index contributed by atoms with van der Waals surface area (Å²) in [5.74, 6) is -1.23. The van der Waals surface area contributed by atoms with Crippen molar-refractivity contribution in [2.75, 3.05) is 10.2 Å². The van der Waals surface area contributed by atoms with E-state index in [1.807, 2.05) is 4.68 Å². The summed E-state index contributed by atoms with van der Waals surface area (Å²) >= 11 is 6.48. The largest absolute Gasteiger partial charge is 0.310 e. The summed E-state index contributed by atoms with van der Waals surface area (Å²) < 4.78 is 2.00. The van der Waals surface area contributed by atoms with Crippen LogP contribution in [0.15, 0.2) is 42.7 Å². The van der Waals surface area contributed by atoms with Gasteiger partial charge in [-0.25, -0.2) is 4.98 Å². The van der Waals surface area contributed by atoms with Crippen molar-refractivity contribution in [1.82, 2.24) is 14.8 Å². The number of halogens is 1. The molecule has 0 aliphatic carbocycles. The maximum absolute atomic E-state index is 13.1. The van der Waals surface area contributed by atoms with Gasteiger partial charge < -0.3 is 5.32 Å². The number of aromatic nitrogens is 3. The first kappa shape index (κ1) is 24.6. The van der Waals surface area contributed by atoms with Crippen LogP contribution in [-0.2, 0) is 27.3 Å². The maximum atomic E-state index is 13.1. The lowest BCUT2D eigenvalue weighted by Crippen LogP contribution is -2.33. The zero-order valence-corrected chi connectivity index (χ0v) is 21.2. The molecule has 0 radical (unpaired) electrons. The van der Waals surface area contributed by atoms with Crippen LogP contribution in [0.1, 0.15) is 51.8 Å². The summed E-state index contributed by atoms with van der Waals surface area (Å²) in [6.45, 7) is 9.65. The average molecular weight is 494 g/mol. The number of hydrogen-bond donors (Lipinski definition) is 1. The minimum absolute atomic E-state index is 0.124. The molecule has 35 heavy (non-hydrogen) atoms. The van der Waals surface area contributed by atoms with Crippen molar-refractivity contribution in [2.24, 2.45) is 5.41 Å². The van der Waals surface area contributed by atoms with Gasteiger partial charge in [0.2, 0.25) is 17.7 Å². The molecule has 0 saturated heterocycles. The van der Waals surface area contributed by atoms with E-state index >= 15 is 0 Å². The number of anilines is 2. The topological polar surface area (TPSA) is 97.2 Å². The highest BCUT2D eigenvalue weighted by Gasteiger charge is 2.32. The van der Waals surface area contributed by atoms with Crippen molar-refractivity contribution >= 4 is 40.8 Å². The van der Waals surface area contributed by atoms with Gasteiger partial charge in [-0.2, -0.15) is 5.10 Å². The molecule has 0 saturated carbocycles. The number of carbonyl (C=O) groups excluding carboxylic acids is 3. The second-order valence-corrected chi connectivity index (χ2v) is 10.1. The molecule has 182 valence electrons. The van der Waals surface area contributed by atoms with E-state index in [0.717, 1.165) is 34.7 Å². The molecule has 0 fully saturated rings. The quantitative estimate of drug-likeness (QED) is 0.549. The van der Waals surface area contributed by atoms with Crippen molar-refractivity contribution in [3.8, 4) is 11.1 Å². The monoisotopic (exact) mass is 493 g/mol. The maximum Gasteiger partial charge on any atom is 0.232 e. The van der Waals surface area contributed by atoms with Crippen LogP contribution in [0.25, 0.3) is 11.1 Å². The first-order chi connectivity index (χ1) is 16.5. The SMILES string of the molecule is CC(=O)N(C(C)=O)c1cccc([C@H](C)C(=O)Nc2cc(-c3cnn4c3CC(C)(C)C4)c(Cl)cn2)c1. The van der Waals surface area contributed by atoms with Crippen LogP contribution in [0.3, 0.4) is 0 Å². The average Bonchev–Trinajstić information content (AvgIpc) is 3.29. The molecule has 0 unspecified atom stereocenters. The highest BCUT2D eigenvalue weighted by molar-refractivity contribution is 6.33. The fourth-order valence-corrected chi connectivity index (χ4v) is 4.70. The molecule has 1 aromatic carbocycles. The third kappa shape index (κ3) is 4.98. The first-order valence-electron chi connectivity index (χ1n) is 11.4. The standard InChI is InChI=1S/C26H28ClN5O3/c1-15(18-7-6-8-19(9-18)32(16(2)33)17(3)34)25(35)30-24-10-20(22(27)13-28-24)21-12-29-31-14-26(4,5)11-23(21)31/h6-10,12-13,15H,11,14H2,1-5H3,(H,28,30,35)/t15-/m0/s1. The van der Waals surface area contributed by atoms with Gasteiger partial charge in [0.25, 0.3) is 0 Å². The molecule has 9 heteroatoms. The van der Waals surface area contributed by atoms with Crippen LogP contribution in [-0.4, -0.2) is 32.5 Å². The lowest BCUT2D eigenvalue weighted by atomic mass is 9.89. The molecule has 1 N–H and O–H groups in total. The van der Waals surface area contributed by atoms with E-state index in [1.165, 1.54) is 20.0 Å². The highest BCUT2D eigenvalue weighted by atomic mass is 35.5. The number of pyridine rings is 1. The van der Waals surface area contributed by atoms with Crippen LogP contribution in [0, 0.1) is 5.41 Å². The molecule has 3 heterocycles. The number of hydrogen-bond acceptors (Lipinski definition) is 5. The van der Waals surface area contributed by atoms with E-state index in [9.17, 15) is 14.4 Å². The van der Waals surface area contributed by atoms with E-state index < -0.39 is 5.92 Å². The Morgan fingerprint density at radius 3 is 2.51 bits per heavy atom. The fourth-order valence-electron chi connectivity index (χ4n) is 4.49. The summed E-state index contributed by atoms with van der Waals surface area (Å²) in [4.78, 5) is 42.2. The molecular formula is C26H28ClN5O3. The summed E-state index contributed by atoms with van der Waals surface area (Å²) in [7, 11) is 0. The number of fused-ring (bicyclic) bond motifs is 1. The minimum atomic E-state index is -0.558. The second kappa shape index (κ2) is 9.26. The summed E-state index contributed by atoms with van der Waals surface area (Å²) in [6.07, 6.45) is 4.22. The van der Waals surface area contributed by atoms with E-state index in [2.05, 4.69) is 29.2 Å². The molecule has 4 rings (SSSR count). The van der Waals surface area contributed by atoms with E-state index in [4.69, 9.17) is 11.6 Å². The Hall–Kier alpha value is -3.52. The number of nitrogens with zero attached hydrogens (tertiary/aromatic N) is 4. The molecule has 1 aliphatic heterocycles. The molecule has 8 nitrogen and oxygen atoms in total. The van der Waals surface area contributed by atoms with E-state index in [0.29, 0.717) is 22.1 Å². The zero-order chi connectivity index (χ0) is 25.5. The zero-order valence-electron chi connectivity index (χ0n) is 20.4. The summed E-state index contributed by atoms with van der Waals surface area (Å²) in [5, 5.41) is 7.86. The van der Waals surface area contributed by atoms with Crippen LogP contribution in [0.5, 0.6) is 0 Å². The number of benzene rings is 1. The van der Waals surface area contributed by atoms with Gasteiger partial charge in [0.1, 0.15) is 5.82 Å². The van der Waals surface area contributed by atoms with Crippen LogP contribution in [0.2, 0.25) is 5.02 Å². The van der Waals surface area contributed by atoms with Gasteiger partial charge in [-0.1, -0.05) is 37.6 Å². The molecular weight excluding hydrogens is 466 g/mol. The lowest BCUT2D eigenvalue weighted by molar-refractivity contribution is -0.124. The Morgan fingerprint density at radius 1 is 1.11 bits per heavy atom. The number of amides is 3. The molecule has 1 atom stereocenters. The van der Waals surface area contributed by atoms with E-state index in [-0.39, 0.29) is 23.1 Å². The van der Waals surface area contributed by atoms with Gasteiger partial charge in [0.05, 0.1) is 22.8 Å². The van der Waals surface area contributed by atoms with Crippen LogP contribution >= 0.6 is 11.6 Å². The Bertz CT molecular complexity index is 1320. The molecule has 0 bridgehead atoms. The van der Waals surface area contributed by atoms with Crippen molar-refractivity contribution in [3.63, 3.8) is 0 Å². The summed E-state index contributed by atoms with van der Waals surface area (Å²) in [6, 6.07) is 8.60. The fraction of sp³-hybridized carbons (Fsp3) is 0.346. The van der Waals surface area contributed by atoms with Crippen LogP contribution < -0.4 is 10.2 Å².